The van der Waals surface area contributed by atoms with Crippen LogP contribution in [0.5, 0.6) is 0 Å². The first-order valence-corrected chi connectivity index (χ1v) is 8.30. The first-order valence-electron chi connectivity index (χ1n) is 8.30. The van der Waals surface area contributed by atoms with Crippen LogP contribution >= 0.6 is 0 Å². The van der Waals surface area contributed by atoms with Crippen molar-refractivity contribution in [1.82, 2.24) is 15.3 Å². The zero-order valence-corrected chi connectivity index (χ0v) is 13.8. The van der Waals surface area contributed by atoms with Gasteiger partial charge in [-0.1, -0.05) is 11.6 Å². The summed E-state index contributed by atoms with van der Waals surface area (Å²) in [5.41, 5.74) is 1.85. The fourth-order valence-electron chi connectivity index (χ4n) is 2.57. The van der Waals surface area contributed by atoms with Crippen molar-refractivity contribution in [3.63, 3.8) is 0 Å². The third kappa shape index (κ3) is 6.36. The van der Waals surface area contributed by atoms with E-state index >= 15 is 0 Å². The number of amides is 1. The molecule has 1 aliphatic rings. The molecule has 0 bridgehead atoms. The number of aromatic nitrogens is 2. The predicted octanol–water partition coefficient (Wildman–Crippen LogP) is 2.55. The first kappa shape index (κ1) is 17.4. The standard InChI is InChI=1S/C17H26N4O2/c1-23-11-5-9-18-16-12-15(20-13-21-16)17(22)19-10-8-14-6-3-2-4-7-14/h6,12-13H,2-5,7-11H2,1H3,(H,19,22)(H,18,20,21). The molecule has 1 amide bonds. The number of nitrogens with one attached hydrogen (secondary N) is 2. The number of nitrogens with zero attached hydrogens (tertiary/aromatic N) is 2. The van der Waals surface area contributed by atoms with E-state index in [4.69, 9.17) is 4.74 Å². The van der Waals surface area contributed by atoms with Gasteiger partial charge >= 0.3 is 0 Å². The fraction of sp³-hybridized carbons (Fsp3) is 0.588. The molecule has 23 heavy (non-hydrogen) atoms. The van der Waals surface area contributed by atoms with E-state index in [1.54, 1.807) is 13.2 Å². The maximum Gasteiger partial charge on any atom is 0.270 e. The van der Waals surface area contributed by atoms with Crippen LogP contribution in [-0.4, -0.2) is 42.7 Å². The summed E-state index contributed by atoms with van der Waals surface area (Å²) in [6, 6.07) is 1.68. The summed E-state index contributed by atoms with van der Waals surface area (Å²) in [6.45, 7) is 2.10. The second kappa shape index (κ2) is 9.94. The van der Waals surface area contributed by atoms with Gasteiger partial charge < -0.3 is 15.4 Å². The number of carbonyl (C=O) groups is 1. The van der Waals surface area contributed by atoms with Gasteiger partial charge in [0.25, 0.3) is 5.91 Å². The Kier molecular flexibility index (Phi) is 7.52. The van der Waals surface area contributed by atoms with Crippen molar-refractivity contribution in [2.45, 2.75) is 38.5 Å². The van der Waals surface area contributed by atoms with Gasteiger partial charge in [-0.2, -0.15) is 0 Å². The van der Waals surface area contributed by atoms with E-state index in [-0.39, 0.29) is 5.91 Å². The van der Waals surface area contributed by atoms with Crippen molar-refractivity contribution in [1.29, 1.82) is 0 Å². The van der Waals surface area contributed by atoms with E-state index in [1.165, 1.54) is 37.6 Å². The van der Waals surface area contributed by atoms with Crippen LogP contribution in [0.15, 0.2) is 24.0 Å². The summed E-state index contributed by atoms with van der Waals surface area (Å²) in [6.07, 6.45) is 10.4. The van der Waals surface area contributed by atoms with Crippen LogP contribution in [0, 0.1) is 0 Å². The molecule has 0 radical (unpaired) electrons. The lowest BCUT2D eigenvalue weighted by Crippen LogP contribution is -2.26. The maximum atomic E-state index is 12.1. The maximum absolute atomic E-state index is 12.1. The highest BCUT2D eigenvalue weighted by Crippen LogP contribution is 2.19. The van der Waals surface area contributed by atoms with Crippen LogP contribution < -0.4 is 10.6 Å². The Labute approximate surface area is 137 Å². The number of allylic oxidation sites excluding steroid dienone is 1. The van der Waals surface area contributed by atoms with Crippen molar-refractivity contribution in [3.05, 3.63) is 29.7 Å². The second-order valence-corrected chi connectivity index (χ2v) is 5.68. The number of rotatable bonds is 9. The van der Waals surface area contributed by atoms with Crippen LogP contribution in [0.4, 0.5) is 5.82 Å². The van der Waals surface area contributed by atoms with Crippen LogP contribution in [0.25, 0.3) is 0 Å². The normalized spacial score (nSPS) is 14.2. The van der Waals surface area contributed by atoms with Gasteiger partial charge in [0.05, 0.1) is 0 Å². The summed E-state index contributed by atoms with van der Waals surface area (Å²) in [7, 11) is 1.68. The first-order chi connectivity index (χ1) is 11.3. The predicted molar refractivity (Wildman–Crippen MR) is 90.5 cm³/mol. The number of methoxy groups -OCH3 is 1. The Balaban J connectivity index is 1.76. The van der Waals surface area contributed by atoms with Crippen molar-refractivity contribution in [2.75, 3.05) is 32.1 Å². The number of anilines is 1. The quantitative estimate of drug-likeness (QED) is 0.540. The Morgan fingerprint density at radius 2 is 2.22 bits per heavy atom. The van der Waals surface area contributed by atoms with Gasteiger partial charge in [0, 0.05) is 32.9 Å². The molecule has 2 N–H and O–H groups in total. The van der Waals surface area contributed by atoms with Gasteiger partial charge in [-0.3, -0.25) is 4.79 Å². The molecule has 0 atom stereocenters. The molecular formula is C17H26N4O2. The number of ether oxygens (including phenoxy) is 1. The van der Waals surface area contributed by atoms with Crippen molar-refractivity contribution >= 4 is 11.7 Å². The molecule has 0 spiro atoms. The van der Waals surface area contributed by atoms with E-state index in [0.717, 1.165) is 19.4 Å². The zero-order valence-electron chi connectivity index (χ0n) is 13.8. The molecule has 0 unspecified atom stereocenters. The van der Waals surface area contributed by atoms with Gasteiger partial charge in [-0.05, 0) is 38.5 Å². The smallest absolute Gasteiger partial charge is 0.270 e. The van der Waals surface area contributed by atoms with E-state index in [9.17, 15) is 4.79 Å². The number of carbonyl (C=O) groups excluding carboxylic acids is 1. The molecule has 6 nitrogen and oxygen atoms in total. The van der Waals surface area contributed by atoms with Gasteiger partial charge in [0.1, 0.15) is 17.8 Å². The lowest BCUT2D eigenvalue weighted by Gasteiger charge is -2.13. The number of hydrogen-bond acceptors (Lipinski definition) is 5. The largest absolute Gasteiger partial charge is 0.385 e. The number of hydrogen-bond donors (Lipinski definition) is 2. The lowest BCUT2D eigenvalue weighted by atomic mass is 9.97. The average molecular weight is 318 g/mol. The molecule has 2 rings (SSSR count). The van der Waals surface area contributed by atoms with Gasteiger partial charge in [0.2, 0.25) is 0 Å². The third-order valence-electron chi connectivity index (χ3n) is 3.85. The molecule has 1 aliphatic carbocycles. The molecule has 0 saturated heterocycles. The lowest BCUT2D eigenvalue weighted by molar-refractivity contribution is 0.0949. The zero-order chi connectivity index (χ0) is 16.3. The minimum absolute atomic E-state index is 0.149. The minimum atomic E-state index is -0.149. The highest BCUT2D eigenvalue weighted by atomic mass is 16.5. The molecular weight excluding hydrogens is 292 g/mol. The van der Waals surface area contributed by atoms with Gasteiger partial charge in [-0.25, -0.2) is 9.97 Å². The fourth-order valence-corrected chi connectivity index (χ4v) is 2.57. The second-order valence-electron chi connectivity index (χ2n) is 5.68. The Bertz CT molecular complexity index is 531. The van der Waals surface area contributed by atoms with Gasteiger partial charge in [-0.15, -0.1) is 0 Å². The molecule has 6 heteroatoms. The van der Waals surface area contributed by atoms with E-state index < -0.39 is 0 Å². The van der Waals surface area contributed by atoms with Crippen molar-refractivity contribution < 1.29 is 9.53 Å². The molecule has 0 fully saturated rings. The highest BCUT2D eigenvalue weighted by molar-refractivity contribution is 5.92. The molecule has 1 aromatic rings. The van der Waals surface area contributed by atoms with Crippen LogP contribution in [0.2, 0.25) is 0 Å². The molecule has 0 saturated carbocycles. The molecule has 1 heterocycles. The molecule has 0 aliphatic heterocycles. The van der Waals surface area contributed by atoms with E-state index in [1.807, 2.05) is 0 Å². The van der Waals surface area contributed by atoms with E-state index in [2.05, 4.69) is 26.7 Å². The SMILES string of the molecule is COCCCNc1cc(C(=O)NCCC2=CCCCC2)ncn1. The van der Waals surface area contributed by atoms with Crippen molar-refractivity contribution in [2.24, 2.45) is 0 Å². The van der Waals surface area contributed by atoms with Crippen LogP contribution in [0.3, 0.4) is 0 Å². The Morgan fingerprint density at radius 1 is 1.30 bits per heavy atom. The highest BCUT2D eigenvalue weighted by Gasteiger charge is 2.09. The third-order valence-corrected chi connectivity index (χ3v) is 3.85. The minimum Gasteiger partial charge on any atom is -0.385 e. The summed E-state index contributed by atoms with van der Waals surface area (Å²) in [5.74, 6) is 0.514. The van der Waals surface area contributed by atoms with Gasteiger partial charge in [0.15, 0.2) is 0 Å². The monoisotopic (exact) mass is 318 g/mol. The molecule has 0 aromatic carbocycles. The summed E-state index contributed by atoms with van der Waals surface area (Å²) in [5, 5.41) is 6.09. The van der Waals surface area contributed by atoms with Crippen molar-refractivity contribution in [3.8, 4) is 0 Å². The Hall–Kier alpha value is -1.95. The average Bonchev–Trinajstić information content (AvgIpc) is 2.60. The van der Waals surface area contributed by atoms with E-state index in [0.29, 0.717) is 24.7 Å². The van der Waals surface area contributed by atoms with Crippen LogP contribution in [-0.2, 0) is 4.74 Å². The molecule has 1 aromatic heterocycles. The summed E-state index contributed by atoms with van der Waals surface area (Å²) < 4.78 is 4.99. The topological polar surface area (TPSA) is 76.1 Å². The van der Waals surface area contributed by atoms with Crippen LogP contribution in [0.1, 0.15) is 49.0 Å². The Morgan fingerprint density at radius 3 is 3.00 bits per heavy atom. The summed E-state index contributed by atoms with van der Waals surface area (Å²) >= 11 is 0. The summed E-state index contributed by atoms with van der Waals surface area (Å²) in [4.78, 5) is 20.3. The molecule has 126 valence electrons.